The Hall–Kier alpha value is -2.62. The Morgan fingerprint density at radius 1 is 0.885 bits per heavy atom. The third kappa shape index (κ3) is 6.03. The standard InChI is InChI=1S/C22H28N2O2/c1-4-5-6-17-9-13-20(14-10-17)24-22(26)21(25)23-15-18-7-11-19(12-8-18)16(2)3/h7-14,16H,4-6,15H2,1-3H3,(H,23,25)(H,24,26). The summed E-state index contributed by atoms with van der Waals surface area (Å²) in [6, 6.07) is 15.7. The second kappa shape index (κ2) is 9.76. The summed E-state index contributed by atoms with van der Waals surface area (Å²) in [7, 11) is 0. The molecule has 26 heavy (non-hydrogen) atoms. The quantitative estimate of drug-likeness (QED) is 0.725. The van der Waals surface area contributed by atoms with Gasteiger partial charge in [-0.15, -0.1) is 0 Å². The number of anilines is 1. The lowest BCUT2D eigenvalue weighted by Gasteiger charge is -2.09. The fraction of sp³-hybridized carbons (Fsp3) is 0.364. The minimum absolute atomic E-state index is 0.334. The molecule has 0 atom stereocenters. The largest absolute Gasteiger partial charge is 0.344 e. The number of aryl methyl sites for hydroxylation is 1. The van der Waals surface area contributed by atoms with Crippen LogP contribution in [0.5, 0.6) is 0 Å². The fourth-order valence-electron chi connectivity index (χ4n) is 2.61. The molecule has 0 bridgehead atoms. The Balaban J connectivity index is 1.82. The van der Waals surface area contributed by atoms with Crippen LogP contribution in [0.25, 0.3) is 0 Å². The van der Waals surface area contributed by atoms with Gasteiger partial charge in [0.1, 0.15) is 0 Å². The predicted octanol–water partition coefficient (Wildman–Crippen LogP) is 4.41. The lowest BCUT2D eigenvalue weighted by molar-refractivity contribution is -0.136. The van der Waals surface area contributed by atoms with Gasteiger partial charge in [-0.3, -0.25) is 9.59 Å². The third-order valence-electron chi connectivity index (χ3n) is 4.34. The zero-order chi connectivity index (χ0) is 18.9. The fourth-order valence-corrected chi connectivity index (χ4v) is 2.61. The maximum atomic E-state index is 12.0. The van der Waals surface area contributed by atoms with Crippen molar-refractivity contribution in [3.8, 4) is 0 Å². The van der Waals surface area contributed by atoms with Crippen molar-refractivity contribution in [2.75, 3.05) is 5.32 Å². The molecule has 2 amide bonds. The van der Waals surface area contributed by atoms with Crippen LogP contribution in [0.1, 0.15) is 56.2 Å². The Morgan fingerprint density at radius 2 is 1.50 bits per heavy atom. The van der Waals surface area contributed by atoms with Gasteiger partial charge < -0.3 is 10.6 Å². The van der Waals surface area contributed by atoms with Crippen LogP contribution in [0.4, 0.5) is 5.69 Å². The molecule has 0 saturated carbocycles. The molecule has 0 heterocycles. The smallest absolute Gasteiger partial charge is 0.313 e. The van der Waals surface area contributed by atoms with Crippen molar-refractivity contribution in [1.82, 2.24) is 5.32 Å². The van der Waals surface area contributed by atoms with Crippen LogP contribution < -0.4 is 10.6 Å². The Bertz CT molecular complexity index is 719. The van der Waals surface area contributed by atoms with E-state index in [1.807, 2.05) is 48.5 Å². The number of amides is 2. The lowest BCUT2D eigenvalue weighted by Crippen LogP contribution is -2.34. The summed E-state index contributed by atoms with van der Waals surface area (Å²) >= 11 is 0. The van der Waals surface area contributed by atoms with Gasteiger partial charge in [0.15, 0.2) is 0 Å². The molecule has 0 aliphatic rings. The summed E-state index contributed by atoms with van der Waals surface area (Å²) in [6.45, 7) is 6.77. The summed E-state index contributed by atoms with van der Waals surface area (Å²) in [5.74, 6) is -0.809. The summed E-state index contributed by atoms with van der Waals surface area (Å²) in [4.78, 5) is 24.0. The average Bonchev–Trinajstić information content (AvgIpc) is 2.65. The van der Waals surface area contributed by atoms with Crippen molar-refractivity contribution in [2.24, 2.45) is 0 Å². The van der Waals surface area contributed by atoms with Crippen LogP contribution in [0.15, 0.2) is 48.5 Å². The number of nitrogens with one attached hydrogen (secondary N) is 2. The maximum Gasteiger partial charge on any atom is 0.313 e. The monoisotopic (exact) mass is 352 g/mol. The van der Waals surface area contributed by atoms with Gasteiger partial charge in [-0.1, -0.05) is 63.6 Å². The number of hydrogen-bond donors (Lipinski definition) is 2. The van der Waals surface area contributed by atoms with E-state index < -0.39 is 11.8 Å². The lowest BCUT2D eigenvalue weighted by atomic mass is 10.0. The third-order valence-corrected chi connectivity index (χ3v) is 4.34. The molecule has 2 N–H and O–H groups in total. The van der Waals surface area contributed by atoms with Crippen molar-refractivity contribution >= 4 is 17.5 Å². The SMILES string of the molecule is CCCCc1ccc(NC(=O)C(=O)NCc2ccc(C(C)C)cc2)cc1. The van der Waals surface area contributed by atoms with Crippen LogP contribution in [-0.2, 0) is 22.6 Å². The van der Waals surface area contributed by atoms with E-state index in [1.54, 1.807) is 0 Å². The van der Waals surface area contributed by atoms with E-state index in [0.29, 0.717) is 18.2 Å². The number of hydrogen-bond acceptors (Lipinski definition) is 2. The summed E-state index contributed by atoms with van der Waals surface area (Å²) < 4.78 is 0. The molecule has 4 heteroatoms. The van der Waals surface area contributed by atoms with Gasteiger partial charge in [0.25, 0.3) is 0 Å². The van der Waals surface area contributed by atoms with E-state index in [2.05, 4.69) is 31.4 Å². The average molecular weight is 352 g/mol. The molecule has 0 aliphatic heterocycles. The molecular formula is C22H28N2O2. The predicted molar refractivity (Wildman–Crippen MR) is 106 cm³/mol. The molecule has 0 aliphatic carbocycles. The molecule has 0 unspecified atom stereocenters. The van der Waals surface area contributed by atoms with Crippen LogP contribution in [-0.4, -0.2) is 11.8 Å². The number of carbonyl (C=O) groups excluding carboxylic acids is 2. The maximum absolute atomic E-state index is 12.0. The summed E-state index contributed by atoms with van der Waals surface area (Å²) in [5, 5.41) is 5.29. The molecule has 2 rings (SSSR count). The Morgan fingerprint density at radius 3 is 2.08 bits per heavy atom. The zero-order valence-electron chi connectivity index (χ0n) is 15.8. The molecule has 4 nitrogen and oxygen atoms in total. The Labute approximate surface area is 156 Å². The van der Waals surface area contributed by atoms with E-state index in [0.717, 1.165) is 24.8 Å². The molecule has 0 radical (unpaired) electrons. The van der Waals surface area contributed by atoms with Gasteiger partial charge in [-0.25, -0.2) is 0 Å². The highest BCUT2D eigenvalue weighted by atomic mass is 16.2. The Kier molecular flexibility index (Phi) is 7.39. The van der Waals surface area contributed by atoms with Crippen molar-refractivity contribution in [2.45, 2.75) is 52.5 Å². The second-order valence-corrected chi connectivity index (χ2v) is 6.83. The first-order valence-corrected chi connectivity index (χ1v) is 9.26. The number of carbonyl (C=O) groups is 2. The second-order valence-electron chi connectivity index (χ2n) is 6.83. The summed E-state index contributed by atoms with van der Waals surface area (Å²) in [5.41, 5.74) is 4.09. The molecule has 0 saturated heterocycles. The normalized spacial score (nSPS) is 10.6. The summed E-state index contributed by atoms with van der Waals surface area (Å²) in [6.07, 6.45) is 3.33. The molecule has 0 aromatic heterocycles. The molecule has 0 spiro atoms. The van der Waals surface area contributed by atoms with Gasteiger partial charge in [-0.2, -0.15) is 0 Å². The van der Waals surface area contributed by atoms with Gasteiger partial charge in [0.2, 0.25) is 0 Å². The van der Waals surface area contributed by atoms with Gasteiger partial charge >= 0.3 is 11.8 Å². The number of unbranched alkanes of at least 4 members (excludes halogenated alkanes) is 1. The topological polar surface area (TPSA) is 58.2 Å². The number of rotatable bonds is 7. The zero-order valence-corrected chi connectivity index (χ0v) is 15.8. The first-order valence-electron chi connectivity index (χ1n) is 9.26. The number of benzene rings is 2. The van der Waals surface area contributed by atoms with Crippen LogP contribution >= 0.6 is 0 Å². The highest BCUT2D eigenvalue weighted by molar-refractivity contribution is 6.39. The molecule has 138 valence electrons. The first kappa shape index (κ1) is 19.7. The highest BCUT2D eigenvalue weighted by Gasteiger charge is 2.13. The van der Waals surface area contributed by atoms with Crippen molar-refractivity contribution < 1.29 is 9.59 Å². The van der Waals surface area contributed by atoms with E-state index in [1.165, 1.54) is 11.1 Å². The first-order chi connectivity index (χ1) is 12.5. The van der Waals surface area contributed by atoms with Crippen molar-refractivity contribution in [3.05, 3.63) is 65.2 Å². The molecular weight excluding hydrogens is 324 g/mol. The molecule has 0 fully saturated rings. The minimum atomic E-state index is -0.648. The van der Waals surface area contributed by atoms with E-state index >= 15 is 0 Å². The van der Waals surface area contributed by atoms with E-state index in [4.69, 9.17) is 0 Å². The van der Waals surface area contributed by atoms with Gasteiger partial charge in [0, 0.05) is 12.2 Å². The minimum Gasteiger partial charge on any atom is -0.344 e. The molecule has 2 aromatic rings. The van der Waals surface area contributed by atoms with Gasteiger partial charge in [-0.05, 0) is 47.6 Å². The highest BCUT2D eigenvalue weighted by Crippen LogP contribution is 2.15. The van der Waals surface area contributed by atoms with Crippen LogP contribution in [0, 0.1) is 0 Å². The molecule has 2 aromatic carbocycles. The van der Waals surface area contributed by atoms with E-state index in [9.17, 15) is 9.59 Å². The van der Waals surface area contributed by atoms with Gasteiger partial charge in [0.05, 0.1) is 0 Å². The van der Waals surface area contributed by atoms with E-state index in [-0.39, 0.29) is 0 Å². The van der Waals surface area contributed by atoms with Crippen LogP contribution in [0.3, 0.4) is 0 Å². The van der Waals surface area contributed by atoms with Crippen molar-refractivity contribution in [1.29, 1.82) is 0 Å². The van der Waals surface area contributed by atoms with Crippen LogP contribution in [0.2, 0.25) is 0 Å². The van der Waals surface area contributed by atoms with Crippen molar-refractivity contribution in [3.63, 3.8) is 0 Å².